The van der Waals surface area contributed by atoms with Gasteiger partial charge in [0.2, 0.25) is 12.3 Å². The SMILES string of the molecule is COc1ccc(OP(=S)(NC(C)C(=O)OC(C)C)OC[C@H]2O[C@@H](N3C=CC(=O)NC3O)[C@](C)(O)[C@@H]2O)cc1. The van der Waals surface area contributed by atoms with Gasteiger partial charge in [-0.2, -0.15) is 0 Å². The average molecular weight is 576 g/mol. The highest BCUT2D eigenvalue weighted by molar-refractivity contribution is 8.09. The molecule has 0 radical (unpaired) electrons. The molecule has 0 bridgehead atoms. The molecule has 1 aromatic carbocycles. The van der Waals surface area contributed by atoms with Crippen molar-refractivity contribution >= 4 is 30.3 Å². The van der Waals surface area contributed by atoms with Crippen LogP contribution in [-0.4, -0.2) is 88.3 Å². The highest BCUT2D eigenvalue weighted by atomic mass is 32.5. The van der Waals surface area contributed by atoms with Crippen LogP contribution >= 0.6 is 6.64 Å². The van der Waals surface area contributed by atoms with E-state index in [1.807, 2.05) is 0 Å². The van der Waals surface area contributed by atoms with E-state index in [0.717, 1.165) is 11.0 Å². The molecule has 7 atom stereocenters. The van der Waals surface area contributed by atoms with Gasteiger partial charge < -0.3 is 48.8 Å². The molecule has 2 aliphatic heterocycles. The monoisotopic (exact) mass is 575 g/mol. The van der Waals surface area contributed by atoms with Crippen LogP contribution in [0.25, 0.3) is 0 Å². The number of aliphatic hydroxyl groups excluding tert-OH is 2. The minimum atomic E-state index is -3.48. The zero-order valence-corrected chi connectivity index (χ0v) is 23.3. The molecular weight excluding hydrogens is 541 g/mol. The van der Waals surface area contributed by atoms with Gasteiger partial charge in [0.25, 0.3) is 0 Å². The number of nitrogens with zero attached hydrogens (tertiary/aromatic N) is 1. The van der Waals surface area contributed by atoms with Crippen LogP contribution in [0, 0.1) is 0 Å². The van der Waals surface area contributed by atoms with Gasteiger partial charge in [-0.3, -0.25) is 9.59 Å². The average Bonchev–Trinajstić information content (AvgIpc) is 3.06. The Morgan fingerprint density at radius 2 is 1.89 bits per heavy atom. The number of carbonyl (C=O) groups excluding carboxylic acids is 2. The van der Waals surface area contributed by atoms with Gasteiger partial charge >= 0.3 is 12.6 Å². The molecule has 13 nitrogen and oxygen atoms in total. The summed E-state index contributed by atoms with van der Waals surface area (Å²) in [6.45, 7) is 2.48. The first kappa shape index (κ1) is 30.3. The lowest BCUT2D eigenvalue weighted by molar-refractivity contribution is -0.173. The second-order valence-electron chi connectivity index (χ2n) is 9.24. The number of hydrogen-bond acceptors (Lipinski definition) is 12. The van der Waals surface area contributed by atoms with Crippen molar-refractivity contribution in [3.63, 3.8) is 0 Å². The Labute approximate surface area is 225 Å². The highest BCUT2D eigenvalue weighted by Crippen LogP contribution is 2.47. The number of aliphatic hydroxyl groups is 3. The van der Waals surface area contributed by atoms with Crippen LogP contribution < -0.4 is 19.7 Å². The summed E-state index contributed by atoms with van der Waals surface area (Å²) in [6.07, 6.45) is -3.28. The summed E-state index contributed by atoms with van der Waals surface area (Å²) < 4.78 is 28.1. The lowest BCUT2D eigenvalue weighted by Gasteiger charge is -2.39. The fourth-order valence-corrected chi connectivity index (χ4v) is 6.17. The quantitative estimate of drug-likeness (QED) is 0.181. The minimum absolute atomic E-state index is 0.334. The second kappa shape index (κ2) is 12.3. The number of ether oxygens (including phenoxy) is 3. The molecule has 0 aliphatic carbocycles. The van der Waals surface area contributed by atoms with Crippen molar-refractivity contribution in [2.75, 3.05) is 13.7 Å². The van der Waals surface area contributed by atoms with E-state index in [4.69, 9.17) is 35.1 Å². The van der Waals surface area contributed by atoms with Gasteiger partial charge in [-0.25, -0.2) is 5.09 Å². The van der Waals surface area contributed by atoms with Crippen LogP contribution in [0.2, 0.25) is 0 Å². The van der Waals surface area contributed by atoms with E-state index in [2.05, 4.69) is 10.4 Å². The van der Waals surface area contributed by atoms with Crippen LogP contribution in [0.5, 0.6) is 11.5 Å². The molecular formula is C23H34N3O10PS. The lowest BCUT2D eigenvalue weighted by Crippen LogP contribution is -2.59. The number of esters is 1. The molecule has 0 saturated carbocycles. The van der Waals surface area contributed by atoms with Crippen molar-refractivity contribution in [1.82, 2.24) is 15.3 Å². The number of carbonyl (C=O) groups is 2. The third kappa shape index (κ3) is 7.21. The zero-order chi connectivity index (χ0) is 28.3. The maximum Gasteiger partial charge on any atom is 0.323 e. The van der Waals surface area contributed by atoms with Crippen LogP contribution in [0.15, 0.2) is 36.5 Å². The molecule has 5 N–H and O–H groups in total. The largest absolute Gasteiger partial charge is 0.497 e. The molecule has 212 valence electrons. The summed E-state index contributed by atoms with van der Waals surface area (Å²) in [6, 6.07) is 5.65. The zero-order valence-electron chi connectivity index (χ0n) is 21.6. The topological polar surface area (TPSA) is 168 Å². The first-order valence-corrected chi connectivity index (χ1v) is 14.5. The molecule has 0 aromatic heterocycles. The number of amides is 1. The maximum atomic E-state index is 12.4. The first-order chi connectivity index (χ1) is 17.8. The second-order valence-corrected chi connectivity index (χ2v) is 12.4. The normalized spacial score (nSPS) is 29.5. The van der Waals surface area contributed by atoms with E-state index in [1.165, 1.54) is 20.2 Å². The van der Waals surface area contributed by atoms with Gasteiger partial charge in [-0.1, -0.05) is 0 Å². The van der Waals surface area contributed by atoms with Crippen molar-refractivity contribution in [1.29, 1.82) is 0 Å². The van der Waals surface area contributed by atoms with Gasteiger partial charge in [0.05, 0.1) is 19.8 Å². The molecule has 2 heterocycles. The molecule has 38 heavy (non-hydrogen) atoms. The molecule has 2 aliphatic rings. The number of hydrogen-bond donors (Lipinski definition) is 5. The Bertz CT molecular complexity index is 1070. The summed E-state index contributed by atoms with van der Waals surface area (Å²) in [4.78, 5) is 25.1. The van der Waals surface area contributed by atoms with Gasteiger partial charge in [-0.15, -0.1) is 0 Å². The molecule has 3 unspecified atom stereocenters. The number of benzene rings is 1. The van der Waals surface area contributed by atoms with Crippen LogP contribution in [-0.2, 0) is 35.4 Å². The standard InChI is InChI=1S/C23H34N3O10PS/c1-13(2)34-20(29)14(3)25-37(38,36-16-8-6-15(32-5)7-9-16)33-12-17-19(28)23(4,31)21(35-17)26-11-10-18(27)24-22(26)30/h6-11,13-14,17,19,21-22,28,30-31H,12H2,1-5H3,(H,24,27)(H,25,38)/t14?,17-,19-,21-,22?,23-,37?/m1/s1. The van der Waals surface area contributed by atoms with E-state index in [1.54, 1.807) is 45.0 Å². The molecule has 1 fully saturated rings. The lowest BCUT2D eigenvalue weighted by atomic mass is 9.96. The third-order valence-corrected chi connectivity index (χ3v) is 8.23. The summed E-state index contributed by atoms with van der Waals surface area (Å²) in [5.74, 6) is -0.168. The van der Waals surface area contributed by atoms with Crippen molar-refractivity contribution in [2.24, 2.45) is 0 Å². The van der Waals surface area contributed by atoms with Crippen molar-refractivity contribution in [3.05, 3.63) is 36.5 Å². The fraction of sp³-hybridized carbons (Fsp3) is 0.565. The smallest absolute Gasteiger partial charge is 0.323 e. The fourth-order valence-electron chi connectivity index (χ4n) is 3.76. The van der Waals surface area contributed by atoms with E-state index < -0.39 is 54.9 Å². The van der Waals surface area contributed by atoms with Crippen LogP contribution in [0.3, 0.4) is 0 Å². The third-order valence-electron chi connectivity index (χ3n) is 5.73. The van der Waals surface area contributed by atoms with E-state index in [9.17, 15) is 24.9 Å². The Morgan fingerprint density at radius 1 is 1.26 bits per heavy atom. The number of methoxy groups -OCH3 is 1. The van der Waals surface area contributed by atoms with Crippen LogP contribution in [0.1, 0.15) is 27.7 Å². The summed E-state index contributed by atoms with van der Waals surface area (Å²) in [5.41, 5.74) is -1.87. The van der Waals surface area contributed by atoms with E-state index in [-0.39, 0.29) is 12.7 Å². The number of nitrogens with one attached hydrogen (secondary N) is 2. The summed E-state index contributed by atoms with van der Waals surface area (Å²) in [7, 11) is 1.52. The Kier molecular flexibility index (Phi) is 9.76. The van der Waals surface area contributed by atoms with Crippen molar-refractivity contribution < 1.29 is 48.2 Å². The van der Waals surface area contributed by atoms with E-state index in [0.29, 0.717) is 11.5 Å². The number of rotatable bonds is 11. The Hall–Kier alpha value is -2.29. The molecule has 0 spiro atoms. The molecule has 1 amide bonds. The summed E-state index contributed by atoms with van der Waals surface area (Å²) >= 11 is 5.68. The molecule has 1 aromatic rings. The van der Waals surface area contributed by atoms with Gasteiger partial charge in [0.1, 0.15) is 35.3 Å². The Morgan fingerprint density at radius 3 is 2.47 bits per heavy atom. The predicted molar refractivity (Wildman–Crippen MR) is 138 cm³/mol. The van der Waals surface area contributed by atoms with E-state index >= 15 is 0 Å². The Balaban J connectivity index is 1.77. The molecule has 3 rings (SSSR count). The van der Waals surface area contributed by atoms with Crippen molar-refractivity contribution in [2.45, 2.75) is 70.2 Å². The summed E-state index contributed by atoms with van der Waals surface area (Å²) in [5, 5.41) is 37.2. The van der Waals surface area contributed by atoms with Crippen LogP contribution in [0.4, 0.5) is 0 Å². The minimum Gasteiger partial charge on any atom is -0.497 e. The first-order valence-electron chi connectivity index (χ1n) is 11.8. The maximum absolute atomic E-state index is 12.4. The van der Waals surface area contributed by atoms with Crippen molar-refractivity contribution in [3.8, 4) is 11.5 Å². The van der Waals surface area contributed by atoms with Gasteiger partial charge in [-0.05, 0) is 63.8 Å². The van der Waals surface area contributed by atoms with Gasteiger partial charge in [0.15, 0.2) is 6.23 Å². The predicted octanol–water partition coefficient (Wildman–Crippen LogP) is 0.303. The molecule has 1 saturated heterocycles. The highest BCUT2D eigenvalue weighted by Gasteiger charge is 2.55. The van der Waals surface area contributed by atoms with Gasteiger partial charge in [0, 0.05) is 12.3 Å². The molecule has 15 heteroatoms.